The Hall–Kier alpha value is -3.13. The van der Waals surface area contributed by atoms with Crippen molar-refractivity contribution in [1.82, 2.24) is 9.80 Å². The zero-order chi connectivity index (χ0) is 24.5. The molecule has 0 spiro atoms. The molecule has 2 aromatic carbocycles. The number of rotatable bonds is 5. The zero-order valence-electron chi connectivity index (χ0n) is 19.2. The van der Waals surface area contributed by atoms with E-state index in [1.807, 2.05) is 32.0 Å². The lowest BCUT2D eigenvalue weighted by atomic mass is 10.0. The third-order valence-corrected chi connectivity index (χ3v) is 6.44. The number of amides is 1. The van der Waals surface area contributed by atoms with Crippen molar-refractivity contribution in [2.75, 3.05) is 26.2 Å². The van der Waals surface area contributed by atoms with Gasteiger partial charge in [-0.15, -0.1) is 0 Å². The van der Waals surface area contributed by atoms with Crippen molar-refractivity contribution in [3.05, 3.63) is 80.7 Å². The van der Waals surface area contributed by atoms with E-state index in [9.17, 15) is 22.8 Å². The molecule has 1 fully saturated rings. The first-order valence-electron chi connectivity index (χ1n) is 11.3. The minimum atomic E-state index is -4.34. The summed E-state index contributed by atoms with van der Waals surface area (Å²) in [6.07, 6.45) is -3.79. The van der Waals surface area contributed by atoms with Gasteiger partial charge in [-0.25, -0.2) is 4.79 Å². The molecule has 8 heteroatoms. The molecule has 0 radical (unpaired) electrons. The van der Waals surface area contributed by atoms with Crippen LogP contribution in [0.5, 0.6) is 0 Å². The van der Waals surface area contributed by atoms with E-state index in [0.29, 0.717) is 50.3 Å². The van der Waals surface area contributed by atoms with Crippen molar-refractivity contribution in [2.45, 2.75) is 39.4 Å². The Labute approximate surface area is 195 Å². The predicted octanol–water partition coefficient (Wildman–Crippen LogP) is 4.71. The van der Waals surface area contributed by atoms with E-state index in [-0.39, 0.29) is 12.3 Å². The Kier molecular flexibility index (Phi) is 6.79. The second-order valence-corrected chi connectivity index (χ2v) is 8.84. The monoisotopic (exact) mass is 472 g/mol. The second-order valence-electron chi connectivity index (χ2n) is 8.84. The molecular weight excluding hydrogens is 445 g/mol. The molecule has 1 saturated heterocycles. The molecule has 1 aliphatic rings. The van der Waals surface area contributed by atoms with Gasteiger partial charge in [0.05, 0.1) is 5.56 Å². The van der Waals surface area contributed by atoms with Gasteiger partial charge in [-0.1, -0.05) is 24.3 Å². The largest absolute Gasteiger partial charge is 0.423 e. The number of nitrogens with zero attached hydrogens (tertiary/aromatic N) is 2. The third-order valence-electron chi connectivity index (χ3n) is 6.44. The van der Waals surface area contributed by atoms with E-state index in [4.69, 9.17) is 4.42 Å². The van der Waals surface area contributed by atoms with Crippen LogP contribution in [0, 0.1) is 13.8 Å². The molecule has 0 bridgehead atoms. The predicted molar refractivity (Wildman–Crippen MR) is 124 cm³/mol. The van der Waals surface area contributed by atoms with Gasteiger partial charge in [0, 0.05) is 50.1 Å². The van der Waals surface area contributed by atoms with Crippen LogP contribution >= 0.6 is 0 Å². The fourth-order valence-electron chi connectivity index (χ4n) is 4.39. The lowest BCUT2D eigenvalue weighted by Gasteiger charge is -2.35. The number of carbonyl (C=O) groups excluding carboxylic acids is 1. The van der Waals surface area contributed by atoms with Gasteiger partial charge < -0.3 is 9.32 Å². The Morgan fingerprint density at radius 2 is 1.68 bits per heavy atom. The van der Waals surface area contributed by atoms with E-state index in [1.54, 1.807) is 4.90 Å². The van der Waals surface area contributed by atoms with Gasteiger partial charge in [-0.2, -0.15) is 13.2 Å². The van der Waals surface area contributed by atoms with Gasteiger partial charge in [-0.3, -0.25) is 9.69 Å². The number of alkyl halides is 3. The van der Waals surface area contributed by atoms with Gasteiger partial charge in [0.1, 0.15) is 5.58 Å². The molecule has 1 aliphatic heterocycles. The van der Waals surface area contributed by atoms with Gasteiger partial charge >= 0.3 is 11.8 Å². The Morgan fingerprint density at radius 1 is 1.00 bits per heavy atom. The number of aryl methyl sites for hydroxylation is 2. The van der Waals surface area contributed by atoms with Crippen molar-refractivity contribution in [3.63, 3.8) is 0 Å². The maximum Gasteiger partial charge on any atom is 0.416 e. The lowest BCUT2D eigenvalue weighted by Crippen LogP contribution is -2.48. The molecule has 0 unspecified atom stereocenters. The van der Waals surface area contributed by atoms with Gasteiger partial charge in [0.15, 0.2) is 0 Å². The number of hydrogen-bond acceptors (Lipinski definition) is 4. The van der Waals surface area contributed by atoms with Crippen LogP contribution < -0.4 is 5.63 Å². The summed E-state index contributed by atoms with van der Waals surface area (Å²) < 4.78 is 43.7. The average Bonchev–Trinajstić information content (AvgIpc) is 2.79. The molecule has 1 amide bonds. The molecule has 0 atom stereocenters. The van der Waals surface area contributed by atoms with E-state index in [1.165, 1.54) is 12.1 Å². The summed E-state index contributed by atoms with van der Waals surface area (Å²) >= 11 is 0. The summed E-state index contributed by atoms with van der Waals surface area (Å²) in [6.45, 7) is 6.73. The van der Waals surface area contributed by atoms with Crippen molar-refractivity contribution in [2.24, 2.45) is 0 Å². The van der Waals surface area contributed by atoms with Crippen molar-refractivity contribution < 1.29 is 22.4 Å². The fourth-order valence-corrected chi connectivity index (χ4v) is 4.39. The molecule has 0 saturated carbocycles. The zero-order valence-corrected chi connectivity index (χ0v) is 19.2. The van der Waals surface area contributed by atoms with E-state index in [0.717, 1.165) is 34.2 Å². The molecule has 2 heterocycles. The van der Waals surface area contributed by atoms with Crippen LogP contribution in [0.25, 0.3) is 11.0 Å². The standard InChI is InChI=1S/C26H27F3N2O3/c1-17-3-8-21-18(2)22(25(33)34-23(21)15-17)9-10-24(32)31-13-11-30(12-14-31)16-19-4-6-20(7-5-19)26(27,28)29/h3-8,15H,9-14,16H2,1-2H3. The second kappa shape index (κ2) is 9.62. The van der Waals surface area contributed by atoms with Crippen molar-refractivity contribution >= 4 is 16.9 Å². The van der Waals surface area contributed by atoms with Crippen LogP contribution in [0.1, 0.15) is 34.2 Å². The number of fused-ring (bicyclic) bond motifs is 1. The highest BCUT2D eigenvalue weighted by atomic mass is 19.4. The maximum absolute atomic E-state index is 12.8. The quantitative estimate of drug-likeness (QED) is 0.505. The Balaban J connectivity index is 1.31. The van der Waals surface area contributed by atoms with Crippen LogP contribution in [0.4, 0.5) is 13.2 Å². The summed E-state index contributed by atoms with van der Waals surface area (Å²) in [4.78, 5) is 29.2. The summed E-state index contributed by atoms with van der Waals surface area (Å²) in [7, 11) is 0. The van der Waals surface area contributed by atoms with E-state index < -0.39 is 17.4 Å². The topological polar surface area (TPSA) is 53.8 Å². The first-order valence-corrected chi connectivity index (χ1v) is 11.3. The minimum Gasteiger partial charge on any atom is -0.423 e. The molecule has 0 aliphatic carbocycles. The molecule has 1 aromatic heterocycles. The Bertz CT molecular complexity index is 1240. The summed E-state index contributed by atoms with van der Waals surface area (Å²) in [5.74, 6) is -0.0167. The summed E-state index contributed by atoms with van der Waals surface area (Å²) in [6, 6.07) is 10.9. The van der Waals surface area contributed by atoms with Crippen LogP contribution in [0.15, 0.2) is 51.7 Å². The van der Waals surface area contributed by atoms with E-state index in [2.05, 4.69) is 4.90 Å². The molecule has 4 rings (SSSR count). The van der Waals surface area contributed by atoms with Crippen LogP contribution in [-0.2, 0) is 23.9 Å². The molecular formula is C26H27F3N2O3. The normalized spacial score (nSPS) is 15.1. The smallest absolute Gasteiger partial charge is 0.416 e. The van der Waals surface area contributed by atoms with E-state index >= 15 is 0 Å². The summed E-state index contributed by atoms with van der Waals surface area (Å²) in [5.41, 5.74) is 2.70. The first kappa shape index (κ1) is 24.0. The van der Waals surface area contributed by atoms with Crippen LogP contribution in [0.3, 0.4) is 0 Å². The van der Waals surface area contributed by atoms with Gasteiger partial charge in [0.2, 0.25) is 5.91 Å². The maximum atomic E-state index is 12.8. The molecule has 5 nitrogen and oxygen atoms in total. The SMILES string of the molecule is Cc1ccc2c(C)c(CCC(=O)N3CCN(Cc4ccc(C(F)(F)F)cc4)CC3)c(=O)oc2c1. The number of hydrogen-bond donors (Lipinski definition) is 0. The number of halogens is 3. The molecule has 3 aromatic rings. The number of piperazine rings is 1. The van der Waals surface area contributed by atoms with Gasteiger partial charge in [-0.05, 0) is 55.2 Å². The van der Waals surface area contributed by atoms with Crippen LogP contribution in [-0.4, -0.2) is 41.9 Å². The van der Waals surface area contributed by atoms with Crippen molar-refractivity contribution in [1.29, 1.82) is 0 Å². The molecule has 0 N–H and O–H groups in total. The third kappa shape index (κ3) is 5.33. The average molecular weight is 473 g/mol. The highest BCUT2D eigenvalue weighted by Gasteiger charge is 2.30. The summed E-state index contributed by atoms with van der Waals surface area (Å²) in [5, 5.41) is 0.879. The van der Waals surface area contributed by atoms with Gasteiger partial charge in [0.25, 0.3) is 0 Å². The fraction of sp³-hybridized carbons (Fsp3) is 0.385. The first-order chi connectivity index (χ1) is 16.1. The van der Waals surface area contributed by atoms with Crippen molar-refractivity contribution in [3.8, 4) is 0 Å². The highest BCUT2D eigenvalue weighted by molar-refractivity contribution is 5.82. The van der Waals surface area contributed by atoms with Crippen LogP contribution in [0.2, 0.25) is 0 Å². The molecule has 180 valence electrons. The Morgan fingerprint density at radius 3 is 2.32 bits per heavy atom. The molecule has 34 heavy (non-hydrogen) atoms. The minimum absolute atomic E-state index is 0.0167. The lowest BCUT2D eigenvalue weighted by molar-refractivity contribution is -0.137. The number of carbonyl (C=O) groups is 1. The highest BCUT2D eigenvalue weighted by Crippen LogP contribution is 2.29. The number of benzene rings is 2.